The molecule has 1 atom stereocenters. The van der Waals surface area contributed by atoms with Gasteiger partial charge in [-0.15, -0.1) is 10.2 Å². The zero-order valence-electron chi connectivity index (χ0n) is 17.4. The molecule has 1 aliphatic heterocycles. The maximum absolute atomic E-state index is 12.7. The number of nitrogens with zero attached hydrogens (tertiary/aromatic N) is 5. The zero-order valence-corrected chi connectivity index (χ0v) is 19.1. The fourth-order valence-corrected chi connectivity index (χ4v) is 5.10. The van der Waals surface area contributed by atoms with Crippen molar-refractivity contribution in [1.82, 2.24) is 24.7 Å². The summed E-state index contributed by atoms with van der Waals surface area (Å²) in [5.74, 6) is 0.762. The van der Waals surface area contributed by atoms with Gasteiger partial charge < -0.3 is 9.88 Å². The lowest BCUT2D eigenvalue weighted by Crippen LogP contribution is -2.23. The zero-order chi connectivity index (χ0) is 22.6. The third-order valence-electron chi connectivity index (χ3n) is 4.95. The van der Waals surface area contributed by atoms with Gasteiger partial charge in [-0.05, 0) is 50.1 Å². The van der Waals surface area contributed by atoms with Gasteiger partial charge in [-0.25, -0.2) is 23.1 Å². The Morgan fingerprint density at radius 2 is 1.84 bits per heavy atom. The number of benzene rings is 1. The summed E-state index contributed by atoms with van der Waals surface area (Å²) in [6, 6.07) is 7.50. The van der Waals surface area contributed by atoms with Crippen LogP contribution in [-0.4, -0.2) is 44.3 Å². The lowest BCUT2D eigenvalue weighted by Gasteiger charge is -2.13. The second-order valence-electron chi connectivity index (χ2n) is 7.31. The van der Waals surface area contributed by atoms with Crippen LogP contribution in [-0.2, 0) is 27.8 Å². The lowest BCUT2D eigenvalue weighted by atomic mass is 10.2. The van der Waals surface area contributed by atoms with Crippen LogP contribution in [0.15, 0.2) is 52.8 Å². The number of hydrogen-bond donors (Lipinski definition) is 2. The first kappa shape index (κ1) is 22.2. The first-order chi connectivity index (χ1) is 15.4. The van der Waals surface area contributed by atoms with E-state index in [0.29, 0.717) is 5.69 Å². The van der Waals surface area contributed by atoms with Gasteiger partial charge >= 0.3 is 0 Å². The van der Waals surface area contributed by atoms with Crippen LogP contribution in [0.3, 0.4) is 0 Å². The molecule has 4 rings (SSSR count). The van der Waals surface area contributed by atoms with E-state index in [1.807, 2.05) is 0 Å². The third-order valence-corrected chi connectivity index (χ3v) is 7.38. The normalized spacial score (nSPS) is 14.8. The van der Waals surface area contributed by atoms with Gasteiger partial charge in [0, 0.05) is 31.0 Å². The molecule has 0 radical (unpaired) electrons. The Hall–Kier alpha value is -2.99. The van der Waals surface area contributed by atoms with E-state index in [1.165, 1.54) is 42.7 Å². The number of aromatic nitrogens is 5. The van der Waals surface area contributed by atoms with Crippen LogP contribution in [0.5, 0.6) is 0 Å². The van der Waals surface area contributed by atoms with Crippen LogP contribution in [0.25, 0.3) is 0 Å². The summed E-state index contributed by atoms with van der Waals surface area (Å²) in [6.07, 6.45) is 7.16. The van der Waals surface area contributed by atoms with Gasteiger partial charge in [0.25, 0.3) is 10.0 Å². The number of thioether (sulfide) groups is 1. The first-order valence-corrected chi connectivity index (χ1v) is 12.6. The summed E-state index contributed by atoms with van der Waals surface area (Å²) in [7, 11) is -3.83. The highest BCUT2D eigenvalue weighted by molar-refractivity contribution is 8.00. The van der Waals surface area contributed by atoms with E-state index in [0.717, 1.165) is 36.8 Å². The molecule has 1 amide bonds. The van der Waals surface area contributed by atoms with Gasteiger partial charge in [-0.1, -0.05) is 18.2 Å². The molecule has 2 aromatic heterocycles. The van der Waals surface area contributed by atoms with Crippen molar-refractivity contribution in [3.05, 3.63) is 48.5 Å². The molecule has 12 heteroatoms. The number of carbonyl (C=O) groups is 1. The molecule has 0 saturated carbocycles. The SMILES string of the molecule is C[C@@H](Sc1nnc2n1CCCCC2)C(=O)Nc1ccc(S(=O)(=O)Nc2ncccn2)cc1. The minimum atomic E-state index is -3.83. The molecule has 10 nitrogen and oxygen atoms in total. The summed E-state index contributed by atoms with van der Waals surface area (Å²) in [5.41, 5.74) is 0.498. The summed E-state index contributed by atoms with van der Waals surface area (Å²) in [5, 5.41) is 11.7. The molecular weight excluding hydrogens is 450 g/mol. The fraction of sp³-hybridized carbons (Fsp3) is 0.350. The van der Waals surface area contributed by atoms with Crippen molar-refractivity contribution in [2.24, 2.45) is 0 Å². The van der Waals surface area contributed by atoms with Gasteiger partial charge in [0.2, 0.25) is 11.9 Å². The highest BCUT2D eigenvalue weighted by atomic mass is 32.2. The Bertz CT molecular complexity index is 1180. The van der Waals surface area contributed by atoms with Crippen LogP contribution in [0.1, 0.15) is 32.0 Å². The van der Waals surface area contributed by atoms with Crippen molar-refractivity contribution in [3.63, 3.8) is 0 Å². The van der Waals surface area contributed by atoms with E-state index in [1.54, 1.807) is 25.1 Å². The Morgan fingerprint density at radius 1 is 1.09 bits per heavy atom. The monoisotopic (exact) mass is 473 g/mol. The van der Waals surface area contributed by atoms with E-state index in [2.05, 4.69) is 34.8 Å². The molecule has 0 aliphatic carbocycles. The van der Waals surface area contributed by atoms with Gasteiger partial charge in [-0.3, -0.25) is 4.79 Å². The molecule has 1 aromatic carbocycles. The second-order valence-corrected chi connectivity index (χ2v) is 10.3. The average Bonchev–Trinajstić information content (AvgIpc) is 3.00. The van der Waals surface area contributed by atoms with Crippen LogP contribution >= 0.6 is 11.8 Å². The van der Waals surface area contributed by atoms with Crippen molar-refractivity contribution >= 4 is 39.3 Å². The molecule has 168 valence electrons. The first-order valence-electron chi connectivity index (χ1n) is 10.2. The number of aryl methyl sites for hydroxylation is 1. The molecule has 0 bridgehead atoms. The van der Waals surface area contributed by atoms with E-state index in [-0.39, 0.29) is 16.8 Å². The fourth-order valence-electron chi connectivity index (χ4n) is 3.25. The summed E-state index contributed by atoms with van der Waals surface area (Å²) in [4.78, 5) is 20.4. The molecule has 0 saturated heterocycles. The van der Waals surface area contributed by atoms with Crippen molar-refractivity contribution < 1.29 is 13.2 Å². The van der Waals surface area contributed by atoms with Crippen LogP contribution in [0, 0.1) is 0 Å². The molecule has 2 N–H and O–H groups in total. The maximum Gasteiger partial charge on any atom is 0.264 e. The number of rotatable bonds is 7. The third kappa shape index (κ3) is 5.25. The number of hydrogen-bond acceptors (Lipinski definition) is 8. The highest BCUT2D eigenvalue weighted by Crippen LogP contribution is 2.26. The van der Waals surface area contributed by atoms with Crippen molar-refractivity contribution in [3.8, 4) is 0 Å². The Labute approximate surface area is 190 Å². The van der Waals surface area contributed by atoms with Crippen LogP contribution in [0.2, 0.25) is 0 Å². The number of sulfonamides is 1. The highest BCUT2D eigenvalue weighted by Gasteiger charge is 2.21. The maximum atomic E-state index is 12.7. The smallest absolute Gasteiger partial charge is 0.264 e. The van der Waals surface area contributed by atoms with Gasteiger partial charge in [0.05, 0.1) is 10.1 Å². The van der Waals surface area contributed by atoms with E-state index in [9.17, 15) is 13.2 Å². The standard InChI is InChI=1S/C20H23N7O3S2/c1-14(31-20-25-24-17-6-3-2-4-13-27(17)20)18(28)23-15-7-9-16(10-8-15)32(29,30)26-19-21-11-5-12-22-19/h5,7-12,14H,2-4,6,13H2,1H3,(H,23,28)(H,21,22,26)/t14-/m1/s1. The lowest BCUT2D eigenvalue weighted by molar-refractivity contribution is -0.115. The topological polar surface area (TPSA) is 132 Å². The Morgan fingerprint density at radius 3 is 2.59 bits per heavy atom. The number of amides is 1. The Kier molecular flexibility index (Phi) is 6.70. The predicted octanol–water partition coefficient (Wildman–Crippen LogP) is 2.71. The molecule has 0 spiro atoms. The van der Waals surface area contributed by atoms with Gasteiger partial charge in [-0.2, -0.15) is 0 Å². The molecule has 0 fully saturated rings. The van der Waals surface area contributed by atoms with Crippen molar-refractivity contribution in [1.29, 1.82) is 0 Å². The Balaban J connectivity index is 1.38. The number of carbonyl (C=O) groups excluding carboxylic acids is 1. The van der Waals surface area contributed by atoms with Crippen LogP contribution < -0.4 is 10.0 Å². The number of fused-ring (bicyclic) bond motifs is 1. The number of nitrogens with one attached hydrogen (secondary N) is 2. The summed E-state index contributed by atoms with van der Waals surface area (Å²) < 4.78 is 29.3. The summed E-state index contributed by atoms with van der Waals surface area (Å²) >= 11 is 1.37. The van der Waals surface area contributed by atoms with Crippen molar-refractivity contribution in [2.45, 2.75) is 54.5 Å². The average molecular weight is 474 g/mol. The van der Waals surface area contributed by atoms with Gasteiger partial charge in [0.15, 0.2) is 5.16 Å². The molecule has 3 aromatic rings. The van der Waals surface area contributed by atoms with E-state index in [4.69, 9.17) is 0 Å². The number of anilines is 2. The van der Waals surface area contributed by atoms with Gasteiger partial charge in [0.1, 0.15) is 5.82 Å². The molecule has 1 aliphatic rings. The predicted molar refractivity (Wildman–Crippen MR) is 121 cm³/mol. The minimum absolute atomic E-state index is 0.0119. The quantitative estimate of drug-likeness (QED) is 0.501. The molecule has 32 heavy (non-hydrogen) atoms. The van der Waals surface area contributed by atoms with E-state index >= 15 is 0 Å². The summed E-state index contributed by atoms with van der Waals surface area (Å²) in [6.45, 7) is 2.68. The molecule has 0 unspecified atom stereocenters. The molecular formula is C20H23N7O3S2. The largest absolute Gasteiger partial charge is 0.325 e. The minimum Gasteiger partial charge on any atom is -0.325 e. The second kappa shape index (κ2) is 9.65. The van der Waals surface area contributed by atoms with Crippen molar-refractivity contribution in [2.75, 3.05) is 10.0 Å². The van der Waals surface area contributed by atoms with Crippen LogP contribution in [0.4, 0.5) is 11.6 Å². The van der Waals surface area contributed by atoms with E-state index < -0.39 is 15.3 Å². The molecule has 3 heterocycles.